The third-order valence-corrected chi connectivity index (χ3v) is 12.2. The number of rotatable bonds is 53. The number of hydrogen-bond donors (Lipinski definition) is 0. The quantitative estimate of drug-likeness (QED) is 0.0345. The Bertz CT molecular complexity index is 1500. The molecule has 0 rings (SSSR count). The third-order valence-electron chi connectivity index (χ3n) is 12.2. The molecule has 0 aromatic rings. The minimum absolute atomic E-state index is 0.0449. The van der Waals surface area contributed by atoms with Crippen LogP contribution in [0.1, 0.15) is 252 Å². The SMILES string of the molecule is CC/C=C\C/C=C\C/C=C\C/C=C\C/C=C\C/C=C\CCCOCC(COC(=O)CCCCCCCC/C=C\C/C=C\C/C=C\C/C=C\CC)OC(=O)CCCCCCCCC/C=C\CCCCCCCC. The highest BCUT2D eigenvalue weighted by Gasteiger charge is 2.17. The van der Waals surface area contributed by atoms with E-state index in [-0.39, 0.29) is 25.2 Å². The van der Waals surface area contributed by atoms with Crippen molar-refractivity contribution in [2.75, 3.05) is 19.8 Å². The standard InChI is InChI=1S/C67H110O5/c1-4-7-10-13-16-19-22-25-28-31-33-35-38-41-44-47-50-53-56-59-62-70-63-65(72-67(69)61-58-55-52-49-46-43-40-36-30-27-24-21-18-15-12-9-6-3)64-71-66(68)60-57-54-51-48-45-42-39-37-34-32-29-26-23-20-17-14-11-8-5-2/h7-8,10-11,16-17,19-20,25-30,33-35,37,41,44,50,53,65H,4-6,9,12-15,18,21-24,31-32,36,38-40,42-43,45-49,51-52,54-64H2,1-3H3/b10-7-,11-8-,19-16-,20-17-,28-25-,29-26-,30-27-,35-33-,37-34-,44-41-,53-50-. The predicted octanol–water partition coefficient (Wildman–Crippen LogP) is 20.7. The molecule has 0 spiro atoms. The van der Waals surface area contributed by atoms with Crippen LogP contribution in [-0.2, 0) is 23.8 Å². The highest BCUT2D eigenvalue weighted by atomic mass is 16.6. The van der Waals surface area contributed by atoms with Crippen molar-refractivity contribution in [2.24, 2.45) is 0 Å². The normalized spacial score (nSPS) is 13.2. The fourth-order valence-corrected chi connectivity index (χ4v) is 7.81. The first-order valence-corrected chi connectivity index (χ1v) is 29.7. The lowest BCUT2D eigenvalue weighted by Gasteiger charge is -2.18. The van der Waals surface area contributed by atoms with Crippen molar-refractivity contribution in [3.05, 3.63) is 134 Å². The Morgan fingerprint density at radius 2 is 0.625 bits per heavy atom. The molecule has 5 heteroatoms. The van der Waals surface area contributed by atoms with Crippen molar-refractivity contribution < 1.29 is 23.8 Å². The largest absolute Gasteiger partial charge is 0.462 e. The van der Waals surface area contributed by atoms with Gasteiger partial charge in [-0.1, -0.05) is 244 Å². The minimum atomic E-state index is -0.586. The van der Waals surface area contributed by atoms with Crippen molar-refractivity contribution >= 4 is 11.9 Å². The zero-order valence-electron chi connectivity index (χ0n) is 46.9. The van der Waals surface area contributed by atoms with E-state index in [1.165, 1.54) is 96.3 Å². The lowest BCUT2D eigenvalue weighted by molar-refractivity contribution is -0.163. The topological polar surface area (TPSA) is 61.8 Å². The van der Waals surface area contributed by atoms with Crippen LogP contribution < -0.4 is 0 Å². The number of carbonyl (C=O) groups excluding carboxylic acids is 2. The fraction of sp³-hybridized carbons (Fsp3) is 0.642. The molecule has 0 aliphatic heterocycles. The summed E-state index contributed by atoms with van der Waals surface area (Å²) in [5.74, 6) is -0.454. The van der Waals surface area contributed by atoms with E-state index in [1.807, 2.05) is 0 Å². The van der Waals surface area contributed by atoms with E-state index in [4.69, 9.17) is 14.2 Å². The first-order valence-electron chi connectivity index (χ1n) is 29.7. The molecule has 1 atom stereocenters. The summed E-state index contributed by atoms with van der Waals surface area (Å²) >= 11 is 0. The Morgan fingerprint density at radius 1 is 0.319 bits per heavy atom. The predicted molar refractivity (Wildman–Crippen MR) is 315 cm³/mol. The molecular formula is C67H110O5. The van der Waals surface area contributed by atoms with Crippen molar-refractivity contribution in [1.82, 2.24) is 0 Å². The molecule has 0 heterocycles. The van der Waals surface area contributed by atoms with E-state index in [0.717, 1.165) is 122 Å². The van der Waals surface area contributed by atoms with Crippen LogP contribution in [0.5, 0.6) is 0 Å². The molecule has 0 radical (unpaired) electrons. The zero-order valence-corrected chi connectivity index (χ0v) is 46.9. The molecule has 0 aromatic carbocycles. The van der Waals surface area contributed by atoms with Crippen molar-refractivity contribution in [3.8, 4) is 0 Å². The smallest absolute Gasteiger partial charge is 0.306 e. The molecule has 408 valence electrons. The molecule has 72 heavy (non-hydrogen) atoms. The summed E-state index contributed by atoms with van der Waals surface area (Å²) in [7, 11) is 0. The van der Waals surface area contributed by atoms with Gasteiger partial charge in [-0.05, 0) is 128 Å². The summed E-state index contributed by atoms with van der Waals surface area (Å²) < 4.78 is 17.4. The Hall–Kier alpha value is -3.96. The summed E-state index contributed by atoms with van der Waals surface area (Å²) in [5.41, 5.74) is 0. The summed E-state index contributed by atoms with van der Waals surface area (Å²) in [4.78, 5) is 25.6. The first kappa shape index (κ1) is 68.0. The maximum atomic E-state index is 12.9. The molecule has 0 saturated heterocycles. The molecule has 0 saturated carbocycles. The first-order chi connectivity index (χ1) is 35.6. The van der Waals surface area contributed by atoms with Crippen molar-refractivity contribution in [1.29, 1.82) is 0 Å². The average Bonchev–Trinajstić information content (AvgIpc) is 3.38. The van der Waals surface area contributed by atoms with Crippen molar-refractivity contribution in [2.45, 2.75) is 258 Å². The van der Waals surface area contributed by atoms with Crippen LogP contribution in [-0.4, -0.2) is 37.9 Å². The molecule has 0 amide bonds. The van der Waals surface area contributed by atoms with Gasteiger partial charge in [-0.2, -0.15) is 0 Å². The summed E-state index contributed by atoms with van der Waals surface area (Å²) in [6.45, 7) is 7.44. The highest BCUT2D eigenvalue weighted by Crippen LogP contribution is 2.14. The number of allylic oxidation sites excluding steroid dienone is 22. The number of ether oxygens (including phenoxy) is 3. The van der Waals surface area contributed by atoms with E-state index in [2.05, 4.69) is 154 Å². The Balaban J connectivity index is 4.44. The van der Waals surface area contributed by atoms with Crippen LogP contribution in [0.15, 0.2) is 134 Å². The minimum Gasteiger partial charge on any atom is -0.462 e. The monoisotopic (exact) mass is 995 g/mol. The fourth-order valence-electron chi connectivity index (χ4n) is 7.81. The van der Waals surface area contributed by atoms with Gasteiger partial charge in [-0.3, -0.25) is 9.59 Å². The molecular weight excluding hydrogens is 885 g/mol. The Kier molecular flexibility index (Phi) is 58.0. The van der Waals surface area contributed by atoms with Gasteiger partial charge in [-0.25, -0.2) is 0 Å². The second-order valence-corrected chi connectivity index (χ2v) is 19.1. The maximum absolute atomic E-state index is 12.9. The van der Waals surface area contributed by atoms with Crippen LogP contribution in [0.2, 0.25) is 0 Å². The van der Waals surface area contributed by atoms with E-state index >= 15 is 0 Å². The van der Waals surface area contributed by atoms with E-state index in [1.54, 1.807) is 0 Å². The third kappa shape index (κ3) is 58.6. The van der Waals surface area contributed by atoms with Crippen LogP contribution in [0.3, 0.4) is 0 Å². The second kappa shape index (κ2) is 61.3. The lowest BCUT2D eigenvalue weighted by atomic mass is 10.1. The molecule has 0 aromatic heterocycles. The van der Waals surface area contributed by atoms with Gasteiger partial charge >= 0.3 is 11.9 Å². The van der Waals surface area contributed by atoms with Crippen LogP contribution >= 0.6 is 0 Å². The highest BCUT2D eigenvalue weighted by molar-refractivity contribution is 5.70. The Labute approximate surface area is 445 Å². The second-order valence-electron chi connectivity index (χ2n) is 19.1. The van der Waals surface area contributed by atoms with Gasteiger partial charge in [0.05, 0.1) is 6.61 Å². The molecule has 0 fully saturated rings. The van der Waals surface area contributed by atoms with Crippen LogP contribution in [0.4, 0.5) is 0 Å². The van der Waals surface area contributed by atoms with Gasteiger partial charge in [0.25, 0.3) is 0 Å². The number of unbranched alkanes of at least 4 members (excludes halogenated alkanes) is 20. The molecule has 5 nitrogen and oxygen atoms in total. The molecule has 0 bridgehead atoms. The van der Waals surface area contributed by atoms with Gasteiger partial charge in [0.2, 0.25) is 0 Å². The number of carbonyl (C=O) groups is 2. The van der Waals surface area contributed by atoms with Gasteiger partial charge in [0.15, 0.2) is 6.10 Å². The van der Waals surface area contributed by atoms with E-state index in [9.17, 15) is 9.59 Å². The zero-order chi connectivity index (χ0) is 52.0. The molecule has 0 N–H and O–H groups in total. The van der Waals surface area contributed by atoms with Gasteiger partial charge < -0.3 is 14.2 Å². The summed E-state index contributed by atoms with van der Waals surface area (Å²) in [5, 5.41) is 0. The van der Waals surface area contributed by atoms with Crippen LogP contribution in [0, 0.1) is 0 Å². The summed E-state index contributed by atoms with van der Waals surface area (Å²) in [6, 6.07) is 0. The molecule has 0 aliphatic carbocycles. The van der Waals surface area contributed by atoms with E-state index < -0.39 is 6.10 Å². The van der Waals surface area contributed by atoms with Gasteiger partial charge in [0.1, 0.15) is 6.61 Å². The van der Waals surface area contributed by atoms with Gasteiger partial charge in [0, 0.05) is 19.4 Å². The Morgan fingerprint density at radius 3 is 1.01 bits per heavy atom. The van der Waals surface area contributed by atoms with E-state index in [0.29, 0.717) is 19.4 Å². The summed E-state index contributed by atoms with van der Waals surface area (Å²) in [6.07, 6.45) is 87.7. The van der Waals surface area contributed by atoms with Crippen LogP contribution in [0.25, 0.3) is 0 Å². The molecule has 1 unspecified atom stereocenters. The maximum Gasteiger partial charge on any atom is 0.306 e. The van der Waals surface area contributed by atoms with Crippen molar-refractivity contribution in [3.63, 3.8) is 0 Å². The van der Waals surface area contributed by atoms with Gasteiger partial charge in [-0.15, -0.1) is 0 Å². The number of hydrogen-bond acceptors (Lipinski definition) is 5. The molecule has 0 aliphatic rings. The average molecular weight is 996 g/mol. The lowest BCUT2D eigenvalue weighted by Crippen LogP contribution is -2.30. The number of esters is 2.